The summed E-state index contributed by atoms with van der Waals surface area (Å²) in [5.41, 5.74) is 3.38. The van der Waals surface area contributed by atoms with Gasteiger partial charge in [-0.2, -0.15) is 0 Å². The first kappa shape index (κ1) is 21.5. The van der Waals surface area contributed by atoms with Gasteiger partial charge in [-0.1, -0.05) is 42.5 Å². The third kappa shape index (κ3) is 5.68. The number of aromatic amines is 1. The number of fused-ring (bicyclic) bond motifs is 1. The van der Waals surface area contributed by atoms with Gasteiger partial charge in [0.25, 0.3) is 0 Å². The van der Waals surface area contributed by atoms with Crippen molar-refractivity contribution >= 4 is 51.9 Å². The van der Waals surface area contributed by atoms with Crippen molar-refractivity contribution in [2.24, 2.45) is 0 Å². The molecular formula is C26H23N3O2S. The average Bonchev–Trinajstić information content (AvgIpc) is 3.26. The van der Waals surface area contributed by atoms with Crippen LogP contribution in [0.1, 0.15) is 12.5 Å². The van der Waals surface area contributed by atoms with Crippen molar-refractivity contribution in [2.45, 2.75) is 17.1 Å². The summed E-state index contributed by atoms with van der Waals surface area (Å²) in [6.45, 7) is 1.86. The van der Waals surface area contributed by atoms with Crippen LogP contribution in [0.2, 0.25) is 0 Å². The van der Waals surface area contributed by atoms with Crippen molar-refractivity contribution in [1.29, 1.82) is 0 Å². The minimum absolute atomic E-state index is 0.0823. The first-order chi connectivity index (χ1) is 15.6. The number of rotatable bonds is 7. The van der Waals surface area contributed by atoms with Gasteiger partial charge in [0.2, 0.25) is 11.8 Å². The van der Waals surface area contributed by atoms with Gasteiger partial charge >= 0.3 is 0 Å². The standard InChI is InChI=1S/C26H23N3O2S/c1-18(26(31)29-22-12-11-20-14-15-27-24(20)17-22)32-23-9-5-8-21(16-23)28-25(30)13-10-19-6-3-2-4-7-19/h2-18,27H,1H3,(H,28,30)(H,29,31)/b13-10+. The molecule has 0 aliphatic rings. The van der Waals surface area contributed by atoms with Crippen LogP contribution >= 0.6 is 11.8 Å². The summed E-state index contributed by atoms with van der Waals surface area (Å²) in [6.07, 6.45) is 5.15. The van der Waals surface area contributed by atoms with Crippen LogP contribution in [-0.4, -0.2) is 22.0 Å². The normalized spacial score (nSPS) is 12.0. The maximum absolute atomic E-state index is 12.7. The fourth-order valence-electron chi connectivity index (χ4n) is 3.19. The zero-order valence-corrected chi connectivity index (χ0v) is 18.4. The van der Waals surface area contributed by atoms with Gasteiger partial charge in [-0.25, -0.2) is 0 Å². The Hall–Kier alpha value is -3.77. The molecule has 3 aromatic carbocycles. The Labute approximate surface area is 190 Å². The Morgan fingerprint density at radius 2 is 1.72 bits per heavy atom. The molecule has 0 aliphatic heterocycles. The van der Waals surface area contributed by atoms with E-state index in [1.165, 1.54) is 17.8 Å². The number of aromatic nitrogens is 1. The Kier molecular flexibility index (Phi) is 6.72. The van der Waals surface area contributed by atoms with Crippen LogP contribution in [0, 0.1) is 0 Å². The predicted octanol–water partition coefficient (Wildman–Crippen LogP) is 5.94. The molecule has 6 heteroatoms. The molecule has 0 fully saturated rings. The maximum atomic E-state index is 12.7. The summed E-state index contributed by atoms with van der Waals surface area (Å²) in [6, 6.07) is 24.9. The van der Waals surface area contributed by atoms with Crippen molar-refractivity contribution in [2.75, 3.05) is 10.6 Å². The molecule has 32 heavy (non-hydrogen) atoms. The highest BCUT2D eigenvalue weighted by Gasteiger charge is 2.15. The summed E-state index contributed by atoms with van der Waals surface area (Å²) >= 11 is 1.44. The van der Waals surface area contributed by atoms with Crippen molar-refractivity contribution in [1.82, 2.24) is 4.98 Å². The maximum Gasteiger partial charge on any atom is 0.248 e. The summed E-state index contributed by atoms with van der Waals surface area (Å²) < 4.78 is 0. The van der Waals surface area contributed by atoms with Crippen molar-refractivity contribution < 1.29 is 9.59 Å². The van der Waals surface area contributed by atoms with Crippen LogP contribution in [0.25, 0.3) is 17.0 Å². The van der Waals surface area contributed by atoms with E-state index in [-0.39, 0.29) is 17.1 Å². The van der Waals surface area contributed by atoms with Crippen molar-refractivity contribution in [3.63, 3.8) is 0 Å². The summed E-state index contributed by atoms with van der Waals surface area (Å²) in [5.74, 6) is -0.289. The number of carbonyl (C=O) groups excluding carboxylic acids is 2. The molecule has 0 bridgehead atoms. The highest BCUT2D eigenvalue weighted by Crippen LogP contribution is 2.27. The Balaban J connectivity index is 1.34. The van der Waals surface area contributed by atoms with Gasteiger partial charge in [-0.05, 0) is 60.3 Å². The van der Waals surface area contributed by atoms with Gasteiger partial charge in [-0.3, -0.25) is 9.59 Å². The third-order valence-corrected chi connectivity index (χ3v) is 5.93. The number of amides is 2. The topological polar surface area (TPSA) is 74.0 Å². The number of benzene rings is 3. The van der Waals surface area contributed by atoms with E-state index in [4.69, 9.17) is 0 Å². The minimum Gasteiger partial charge on any atom is -0.361 e. The lowest BCUT2D eigenvalue weighted by molar-refractivity contribution is -0.115. The third-order valence-electron chi connectivity index (χ3n) is 4.83. The van der Waals surface area contributed by atoms with Gasteiger partial charge in [0.15, 0.2) is 0 Å². The van der Waals surface area contributed by atoms with Crippen LogP contribution < -0.4 is 10.6 Å². The molecule has 0 spiro atoms. The lowest BCUT2D eigenvalue weighted by Crippen LogP contribution is -2.22. The van der Waals surface area contributed by atoms with E-state index in [0.717, 1.165) is 27.0 Å². The Morgan fingerprint density at radius 3 is 2.56 bits per heavy atom. The highest BCUT2D eigenvalue weighted by atomic mass is 32.2. The molecule has 1 unspecified atom stereocenters. The van der Waals surface area contributed by atoms with Gasteiger partial charge in [-0.15, -0.1) is 11.8 Å². The number of anilines is 2. The highest BCUT2D eigenvalue weighted by molar-refractivity contribution is 8.00. The fraction of sp³-hybridized carbons (Fsp3) is 0.0769. The second-order valence-corrected chi connectivity index (χ2v) is 8.70. The van der Waals surface area contributed by atoms with E-state index < -0.39 is 0 Å². The molecule has 0 radical (unpaired) electrons. The predicted molar refractivity (Wildman–Crippen MR) is 133 cm³/mol. The zero-order valence-electron chi connectivity index (χ0n) is 17.5. The van der Waals surface area contributed by atoms with Crippen LogP contribution in [0.5, 0.6) is 0 Å². The number of nitrogens with one attached hydrogen (secondary N) is 3. The lowest BCUT2D eigenvalue weighted by Gasteiger charge is -2.13. The quantitative estimate of drug-likeness (QED) is 0.245. The van der Waals surface area contributed by atoms with Crippen molar-refractivity contribution in [3.8, 4) is 0 Å². The molecule has 3 N–H and O–H groups in total. The van der Waals surface area contributed by atoms with Gasteiger partial charge < -0.3 is 15.6 Å². The average molecular weight is 442 g/mol. The monoisotopic (exact) mass is 441 g/mol. The summed E-state index contributed by atoms with van der Waals surface area (Å²) in [7, 11) is 0. The van der Waals surface area contributed by atoms with E-state index in [9.17, 15) is 9.59 Å². The molecule has 0 saturated heterocycles. The molecule has 0 saturated carbocycles. The SMILES string of the molecule is CC(Sc1cccc(NC(=O)/C=C/c2ccccc2)c1)C(=O)Nc1ccc2cc[nH]c2c1. The van der Waals surface area contributed by atoms with Gasteiger partial charge in [0, 0.05) is 34.1 Å². The molecule has 4 rings (SSSR count). The number of thioether (sulfide) groups is 1. The van der Waals surface area contributed by atoms with Crippen LogP contribution in [-0.2, 0) is 9.59 Å². The largest absolute Gasteiger partial charge is 0.361 e. The molecule has 0 aliphatic carbocycles. The van der Waals surface area contributed by atoms with Gasteiger partial charge in [0.1, 0.15) is 0 Å². The summed E-state index contributed by atoms with van der Waals surface area (Å²) in [4.78, 5) is 28.9. The number of hydrogen-bond acceptors (Lipinski definition) is 3. The number of H-pyrrole nitrogens is 1. The Morgan fingerprint density at radius 1 is 0.906 bits per heavy atom. The van der Waals surface area contributed by atoms with E-state index >= 15 is 0 Å². The van der Waals surface area contributed by atoms with E-state index in [2.05, 4.69) is 15.6 Å². The van der Waals surface area contributed by atoms with Crippen LogP contribution in [0.4, 0.5) is 11.4 Å². The molecule has 2 amide bonds. The Bertz CT molecular complexity index is 1260. The fourth-order valence-corrected chi connectivity index (χ4v) is 4.12. The van der Waals surface area contributed by atoms with Gasteiger partial charge in [0.05, 0.1) is 5.25 Å². The number of hydrogen-bond donors (Lipinski definition) is 3. The van der Waals surface area contributed by atoms with E-state index in [0.29, 0.717) is 5.69 Å². The molecular weight excluding hydrogens is 418 g/mol. The second-order valence-electron chi connectivity index (χ2n) is 7.29. The smallest absolute Gasteiger partial charge is 0.248 e. The molecule has 1 heterocycles. The van der Waals surface area contributed by atoms with E-state index in [1.807, 2.05) is 92.0 Å². The van der Waals surface area contributed by atoms with Crippen molar-refractivity contribution in [3.05, 3.63) is 96.7 Å². The molecule has 160 valence electrons. The first-order valence-corrected chi connectivity index (χ1v) is 11.1. The molecule has 1 aromatic heterocycles. The second kappa shape index (κ2) is 10.0. The van der Waals surface area contributed by atoms with Crippen LogP contribution in [0.3, 0.4) is 0 Å². The van der Waals surface area contributed by atoms with Crippen LogP contribution in [0.15, 0.2) is 96.0 Å². The first-order valence-electron chi connectivity index (χ1n) is 10.3. The minimum atomic E-state index is -0.307. The summed E-state index contributed by atoms with van der Waals surface area (Å²) in [5, 5.41) is 6.62. The lowest BCUT2D eigenvalue weighted by atomic mass is 10.2. The number of carbonyl (C=O) groups is 2. The molecule has 1 atom stereocenters. The molecule has 4 aromatic rings. The zero-order chi connectivity index (χ0) is 22.3. The van der Waals surface area contributed by atoms with E-state index in [1.54, 1.807) is 6.08 Å². The molecule has 5 nitrogen and oxygen atoms in total.